The van der Waals surface area contributed by atoms with Crippen molar-refractivity contribution in [2.24, 2.45) is 0 Å². The first-order chi connectivity index (χ1) is 11.1. The van der Waals surface area contributed by atoms with Crippen molar-refractivity contribution >= 4 is 61.9 Å². The Kier molecular flexibility index (Phi) is 4.66. The molecule has 0 unspecified atom stereocenters. The van der Waals surface area contributed by atoms with Crippen LogP contribution in [0.2, 0.25) is 4.34 Å². The highest BCUT2D eigenvalue weighted by Crippen LogP contribution is 2.36. The van der Waals surface area contributed by atoms with Gasteiger partial charge in [0.2, 0.25) is 5.91 Å². The Bertz CT molecular complexity index is 884. The molecule has 2 aromatic heterocycles. The van der Waals surface area contributed by atoms with Gasteiger partial charge in [0.05, 0.1) is 23.6 Å². The number of hydrogen-bond acceptors (Lipinski definition) is 5. The molecule has 0 bridgehead atoms. The second-order valence-corrected chi connectivity index (χ2v) is 7.58. The summed E-state index contributed by atoms with van der Waals surface area (Å²) >= 11 is 8.54. The SMILES string of the molecule is COC(=O)c1sc2ccccc2c1NC(=O)Cc1ccc(Cl)s1. The highest BCUT2D eigenvalue weighted by molar-refractivity contribution is 7.21. The van der Waals surface area contributed by atoms with E-state index in [4.69, 9.17) is 16.3 Å². The van der Waals surface area contributed by atoms with Gasteiger partial charge in [-0.05, 0) is 18.2 Å². The van der Waals surface area contributed by atoms with Gasteiger partial charge in [0.1, 0.15) is 4.88 Å². The average molecular weight is 366 g/mol. The van der Waals surface area contributed by atoms with Crippen LogP contribution in [0.5, 0.6) is 0 Å². The van der Waals surface area contributed by atoms with Gasteiger partial charge >= 0.3 is 5.97 Å². The van der Waals surface area contributed by atoms with Gasteiger partial charge in [0.25, 0.3) is 0 Å². The largest absolute Gasteiger partial charge is 0.465 e. The van der Waals surface area contributed by atoms with Crippen molar-refractivity contribution < 1.29 is 14.3 Å². The molecule has 1 amide bonds. The normalized spacial score (nSPS) is 10.7. The van der Waals surface area contributed by atoms with Gasteiger partial charge in [0.15, 0.2) is 0 Å². The fourth-order valence-corrected chi connectivity index (χ4v) is 4.36. The van der Waals surface area contributed by atoms with Gasteiger partial charge < -0.3 is 10.1 Å². The third-order valence-corrected chi connectivity index (χ3v) is 5.58. The molecule has 2 heterocycles. The Morgan fingerprint density at radius 2 is 1.96 bits per heavy atom. The molecule has 0 atom stereocenters. The van der Waals surface area contributed by atoms with E-state index < -0.39 is 5.97 Å². The van der Waals surface area contributed by atoms with Crippen LogP contribution in [-0.4, -0.2) is 19.0 Å². The summed E-state index contributed by atoms with van der Waals surface area (Å²) in [5, 5.41) is 3.67. The fraction of sp³-hybridized carbons (Fsp3) is 0.125. The number of thiophene rings is 2. The molecule has 0 saturated heterocycles. The summed E-state index contributed by atoms with van der Waals surface area (Å²) < 4.78 is 6.38. The molecule has 23 heavy (non-hydrogen) atoms. The molecule has 0 aliphatic heterocycles. The second-order valence-electron chi connectivity index (χ2n) is 4.72. The van der Waals surface area contributed by atoms with E-state index in [-0.39, 0.29) is 12.3 Å². The Morgan fingerprint density at radius 1 is 1.17 bits per heavy atom. The zero-order chi connectivity index (χ0) is 16.4. The van der Waals surface area contributed by atoms with Gasteiger partial charge in [-0.3, -0.25) is 4.79 Å². The zero-order valence-electron chi connectivity index (χ0n) is 12.1. The number of rotatable bonds is 4. The van der Waals surface area contributed by atoms with E-state index in [1.807, 2.05) is 30.3 Å². The fourth-order valence-electron chi connectivity index (χ4n) is 2.19. The molecule has 118 valence electrons. The smallest absolute Gasteiger partial charge is 0.350 e. The molecule has 1 aromatic carbocycles. The van der Waals surface area contributed by atoms with E-state index in [0.29, 0.717) is 14.9 Å². The summed E-state index contributed by atoms with van der Waals surface area (Å²) in [6.45, 7) is 0. The number of halogens is 1. The number of methoxy groups -OCH3 is 1. The number of nitrogens with one attached hydrogen (secondary N) is 1. The molecular weight excluding hydrogens is 354 g/mol. The molecule has 0 saturated carbocycles. The summed E-state index contributed by atoms with van der Waals surface area (Å²) in [5.41, 5.74) is 0.505. The van der Waals surface area contributed by atoms with E-state index >= 15 is 0 Å². The van der Waals surface area contributed by atoms with E-state index in [2.05, 4.69) is 5.32 Å². The second kappa shape index (κ2) is 6.70. The molecule has 3 rings (SSSR count). The van der Waals surface area contributed by atoms with Crippen LogP contribution in [0.3, 0.4) is 0 Å². The topological polar surface area (TPSA) is 55.4 Å². The van der Waals surface area contributed by atoms with E-state index in [1.54, 1.807) is 6.07 Å². The lowest BCUT2D eigenvalue weighted by Crippen LogP contribution is -2.15. The average Bonchev–Trinajstić information content (AvgIpc) is 3.11. The predicted molar refractivity (Wildman–Crippen MR) is 94.8 cm³/mol. The van der Waals surface area contributed by atoms with Gasteiger partial charge in [-0.15, -0.1) is 22.7 Å². The maximum Gasteiger partial charge on any atom is 0.350 e. The number of hydrogen-bond donors (Lipinski definition) is 1. The maximum atomic E-state index is 12.3. The van der Waals surface area contributed by atoms with Crippen LogP contribution in [-0.2, 0) is 16.0 Å². The van der Waals surface area contributed by atoms with Gasteiger partial charge in [0, 0.05) is 15.0 Å². The molecule has 0 spiro atoms. The van der Waals surface area contributed by atoms with Crippen molar-refractivity contribution in [2.75, 3.05) is 12.4 Å². The molecule has 0 aliphatic carbocycles. The highest BCUT2D eigenvalue weighted by Gasteiger charge is 2.20. The van der Waals surface area contributed by atoms with Crippen molar-refractivity contribution in [2.45, 2.75) is 6.42 Å². The lowest BCUT2D eigenvalue weighted by molar-refractivity contribution is -0.115. The minimum Gasteiger partial charge on any atom is -0.465 e. The molecule has 7 heteroatoms. The summed E-state index contributed by atoms with van der Waals surface area (Å²) in [4.78, 5) is 25.5. The monoisotopic (exact) mass is 365 g/mol. The predicted octanol–water partition coefficient (Wildman–Crippen LogP) is 4.58. The number of anilines is 1. The first kappa shape index (κ1) is 16.0. The lowest BCUT2D eigenvalue weighted by Gasteiger charge is -2.06. The number of esters is 1. The van der Waals surface area contributed by atoms with Crippen LogP contribution >= 0.6 is 34.3 Å². The van der Waals surface area contributed by atoms with Crippen LogP contribution < -0.4 is 5.32 Å². The highest BCUT2D eigenvalue weighted by atomic mass is 35.5. The van der Waals surface area contributed by atoms with Crippen molar-refractivity contribution in [3.63, 3.8) is 0 Å². The standard InChI is InChI=1S/C16H12ClNO3S2/c1-21-16(20)15-14(10-4-2-3-5-11(10)23-15)18-13(19)8-9-6-7-12(17)22-9/h2-7H,8H2,1H3,(H,18,19). The summed E-state index contributed by atoms with van der Waals surface area (Å²) in [6, 6.07) is 11.1. The number of carbonyl (C=O) groups is 2. The Morgan fingerprint density at radius 3 is 2.65 bits per heavy atom. The van der Waals surface area contributed by atoms with Gasteiger partial charge in [-0.1, -0.05) is 29.8 Å². The van der Waals surface area contributed by atoms with Crippen molar-refractivity contribution in [1.82, 2.24) is 0 Å². The Labute approximate surface area is 145 Å². The van der Waals surface area contributed by atoms with Crippen molar-refractivity contribution in [1.29, 1.82) is 0 Å². The zero-order valence-corrected chi connectivity index (χ0v) is 14.5. The molecule has 0 radical (unpaired) electrons. The molecule has 0 fully saturated rings. The van der Waals surface area contributed by atoms with Gasteiger partial charge in [-0.2, -0.15) is 0 Å². The molecule has 3 aromatic rings. The molecule has 1 N–H and O–H groups in total. The number of amides is 1. The number of carbonyl (C=O) groups excluding carboxylic acids is 2. The number of fused-ring (bicyclic) bond motifs is 1. The minimum atomic E-state index is -0.458. The first-order valence-corrected chi connectivity index (χ1v) is 8.73. The lowest BCUT2D eigenvalue weighted by atomic mass is 10.2. The van der Waals surface area contributed by atoms with Gasteiger partial charge in [-0.25, -0.2) is 4.79 Å². The number of ether oxygens (including phenoxy) is 1. The van der Waals surface area contributed by atoms with Crippen LogP contribution in [0.25, 0.3) is 10.1 Å². The third-order valence-electron chi connectivity index (χ3n) is 3.19. The van der Waals surface area contributed by atoms with Crippen LogP contribution in [0.4, 0.5) is 5.69 Å². The third kappa shape index (κ3) is 3.39. The van der Waals surface area contributed by atoms with Crippen LogP contribution in [0, 0.1) is 0 Å². The summed E-state index contributed by atoms with van der Waals surface area (Å²) in [6.07, 6.45) is 0.210. The van der Waals surface area contributed by atoms with Crippen LogP contribution in [0.1, 0.15) is 14.5 Å². The summed E-state index contributed by atoms with van der Waals surface area (Å²) in [7, 11) is 1.33. The molecule has 4 nitrogen and oxygen atoms in total. The minimum absolute atomic E-state index is 0.197. The number of benzene rings is 1. The Hall–Kier alpha value is -1.89. The summed E-state index contributed by atoms with van der Waals surface area (Å²) in [5.74, 6) is -0.655. The van der Waals surface area contributed by atoms with Crippen LogP contribution in [0.15, 0.2) is 36.4 Å². The maximum absolute atomic E-state index is 12.3. The quantitative estimate of drug-likeness (QED) is 0.688. The van der Waals surface area contributed by atoms with E-state index in [0.717, 1.165) is 15.0 Å². The van der Waals surface area contributed by atoms with E-state index in [9.17, 15) is 9.59 Å². The van der Waals surface area contributed by atoms with Crippen molar-refractivity contribution in [3.8, 4) is 0 Å². The molecule has 0 aliphatic rings. The van der Waals surface area contributed by atoms with Crippen molar-refractivity contribution in [3.05, 3.63) is 50.5 Å². The molecular formula is C16H12ClNO3S2. The first-order valence-electron chi connectivity index (χ1n) is 6.72. The Balaban J connectivity index is 1.91. The van der Waals surface area contributed by atoms with E-state index in [1.165, 1.54) is 29.8 Å².